The summed E-state index contributed by atoms with van der Waals surface area (Å²) in [6, 6.07) is 31.8. The topological polar surface area (TPSA) is 113 Å². The lowest BCUT2D eigenvalue weighted by Crippen LogP contribution is -2.38. The molecular formula is C32H29N3O5S2. The molecular weight excluding hydrogens is 571 g/mol. The van der Waals surface area contributed by atoms with Crippen LogP contribution >= 0.6 is 0 Å². The molecule has 0 saturated carbocycles. The number of carbonyl (C=O) groups is 1. The molecule has 2 N–H and O–H groups in total. The third kappa shape index (κ3) is 6.14. The highest BCUT2D eigenvalue weighted by Crippen LogP contribution is 2.29. The van der Waals surface area contributed by atoms with E-state index in [-0.39, 0.29) is 9.79 Å². The number of hydrogen-bond acceptors (Lipinski definition) is 5. The third-order valence-electron chi connectivity index (χ3n) is 6.72. The van der Waals surface area contributed by atoms with Crippen molar-refractivity contribution in [2.45, 2.75) is 23.6 Å². The highest BCUT2D eigenvalue weighted by Gasteiger charge is 2.28. The van der Waals surface area contributed by atoms with Crippen LogP contribution in [0.2, 0.25) is 0 Å². The molecule has 5 rings (SSSR count). The molecule has 1 amide bonds. The van der Waals surface area contributed by atoms with Crippen molar-refractivity contribution in [1.82, 2.24) is 0 Å². The number of nitrogens with one attached hydrogen (secondary N) is 2. The van der Waals surface area contributed by atoms with Crippen LogP contribution in [0.4, 0.5) is 17.1 Å². The summed E-state index contributed by atoms with van der Waals surface area (Å²) in [5.74, 6) is -0.584. The molecule has 8 nitrogen and oxygen atoms in total. The van der Waals surface area contributed by atoms with Crippen molar-refractivity contribution in [2.75, 3.05) is 20.9 Å². The van der Waals surface area contributed by atoms with Gasteiger partial charge in [-0.1, -0.05) is 72.3 Å². The Hall–Kier alpha value is -4.67. The average molecular weight is 600 g/mol. The minimum Gasteiger partial charge on any atom is -0.325 e. The number of benzene rings is 5. The number of fused-ring (bicyclic) bond motifs is 1. The van der Waals surface area contributed by atoms with Crippen LogP contribution in [0.1, 0.15) is 11.1 Å². The van der Waals surface area contributed by atoms with E-state index in [0.717, 1.165) is 20.6 Å². The number of nitrogens with zero attached hydrogens (tertiary/aromatic N) is 1. The standard InChI is InChI=1S/C32H29N3O5S2/c1-23-15-20-31(24(2)21-23)35(42(39,40)28-11-4-3-5-12-28)22-32(36)33-26-16-18-27(19-17-26)41(37,38)34-30-14-8-10-25-9-6-7-13-29(25)30/h3-21,34H,22H2,1-2H3,(H,33,36). The molecule has 0 unspecified atom stereocenters. The maximum absolute atomic E-state index is 13.6. The number of amides is 1. The summed E-state index contributed by atoms with van der Waals surface area (Å²) >= 11 is 0. The normalized spacial score (nSPS) is 11.7. The van der Waals surface area contributed by atoms with Crippen LogP contribution in [0, 0.1) is 13.8 Å². The maximum atomic E-state index is 13.6. The molecule has 0 heterocycles. The zero-order valence-electron chi connectivity index (χ0n) is 23.0. The Kier molecular flexibility index (Phi) is 8.02. The van der Waals surface area contributed by atoms with E-state index in [2.05, 4.69) is 10.0 Å². The van der Waals surface area contributed by atoms with Gasteiger partial charge >= 0.3 is 0 Å². The molecule has 10 heteroatoms. The van der Waals surface area contributed by atoms with Crippen LogP contribution in [-0.4, -0.2) is 29.3 Å². The molecule has 0 atom stereocenters. The molecule has 0 spiro atoms. The Balaban J connectivity index is 1.36. The first-order valence-electron chi connectivity index (χ1n) is 13.1. The van der Waals surface area contributed by atoms with Crippen LogP contribution in [-0.2, 0) is 24.8 Å². The number of aryl methyl sites for hydroxylation is 2. The van der Waals surface area contributed by atoms with Gasteiger partial charge in [-0.05, 0) is 73.3 Å². The fraction of sp³-hybridized carbons (Fsp3) is 0.0938. The van der Waals surface area contributed by atoms with Crippen LogP contribution in [0.5, 0.6) is 0 Å². The van der Waals surface area contributed by atoms with Gasteiger partial charge in [0, 0.05) is 11.1 Å². The fourth-order valence-corrected chi connectivity index (χ4v) is 7.26. The molecule has 5 aromatic carbocycles. The zero-order valence-corrected chi connectivity index (χ0v) is 24.6. The van der Waals surface area contributed by atoms with Gasteiger partial charge in [0.25, 0.3) is 20.0 Å². The van der Waals surface area contributed by atoms with Crippen LogP contribution in [0.3, 0.4) is 0 Å². The second kappa shape index (κ2) is 11.7. The predicted molar refractivity (Wildman–Crippen MR) is 167 cm³/mol. The van der Waals surface area contributed by atoms with Crippen LogP contribution in [0.25, 0.3) is 10.8 Å². The lowest BCUT2D eigenvalue weighted by Gasteiger charge is -2.26. The second-order valence-corrected chi connectivity index (χ2v) is 13.4. The minimum absolute atomic E-state index is 0.0111. The van der Waals surface area contributed by atoms with Gasteiger partial charge < -0.3 is 5.32 Å². The van der Waals surface area contributed by atoms with Crippen molar-refractivity contribution in [3.63, 3.8) is 0 Å². The van der Waals surface area contributed by atoms with Gasteiger partial charge in [0.15, 0.2) is 0 Å². The maximum Gasteiger partial charge on any atom is 0.264 e. The molecule has 214 valence electrons. The zero-order chi connectivity index (χ0) is 29.9. The van der Waals surface area contributed by atoms with E-state index in [1.165, 1.54) is 36.4 Å². The van der Waals surface area contributed by atoms with Gasteiger partial charge in [0.05, 0.1) is 21.2 Å². The Morgan fingerprint density at radius 2 is 1.38 bits per heavy atom. The largest absolute Gasteiger partial charge is 0.325 e. The number of rotatable bonds is 9. The molecule has 0 aliphatic rings. The van der Waals surface area contributed by atoms with Gasteiger partial charge in [0.2, 0.25) is 5.91 Å². The summed E-state index contributed by atoms with van der Waals surface area (Å²) in [5, 5.41) is 4.36. The molecule has 5 aromatic rings. The smallest absolute Gasteiger partial charge is 0.264 e. The van der Waals surface area contributed by atoms with E-state index >= 15 is 0 Å². The van der Waals surface area contributed by atoms with Gasteiger partial charge in [-0.25, -0.2) is 16.8 Å². The van der Waals surface area contributed by atoms with Gasteiger partial charge in [-0.2, -0.15) is 0 Å². The Morgan fingerprint density at radius 3 is 2.10 bits per heavy atom. The third-order valence-corrected chi connectivity index (χ3v) is 9.88. The van der Waals surface area contributed by atoms with Crippen molar-refractivity contribution in [3.8, 4) is 0 Å². The van der Waals surface area contributed by atoms with E-state index in [0.29, 0.717) is 22.6 Å². The van der Waals surface area contributed by atoms with Crippen molar-refractivity contribution in [1.29, 1.82) is 0 Å². The molecule has 42 heavy (non-hydrogen) atoms. The van der Waals surface area contributed by atoms with E-state index in [9.17, 15) is 21.6 Å². The Morgan fingerprint density at radius 1 is 0.714 bits per heavy atom. The lowest BCUT2D eigenvalue weighted by atomic mass is 10.1. The number of hydrogen-bond donors (Lipinski definition) is 2. The first-order valence-corrected chi connectivity index (χ1v) is 16.0. The number of sulfonamides is 2. The van der Waals surface area contributed by atoms with Crippen molar-refractivity contribution < 1.29 is 21.6 Å². The molecule has 0 aliphatic heterocycles. The van der Waals surface area contributed by atoms with E-state index < -0.39 is 32.5 Å². The lowest BCUT2D eigenvalue weighted by molar-refractivity contribution is -0.114. The average Bonchev–Trinajstić information content (AvgIpc) is 2.97. The molecule has 0 aromatic heterocycles. The van der Waals surface area contributed by atoms with Crippen molar-refractivity contribution >= 4 is 53.8 Å². The summed E-state index contributed by atoms with van der Waals surface area (Å²) in [4.78, 5) is 13.2. The van der Waals surface area contributed by atoms with E-state index in [1.54, 1.807) is 49.4 Å². The summed E-state index contributed by atoms with van der Waals surface area (Å²) in [6.45, 7) is 3.21. The molecule has 0 saturated heterocycles. The minimum atomic E-state index is -4.06. The highest BCUT2D eigenvalue weighted by atomic mass is 32.2. The first-order chi connectivity index (χ1) is 20.0. The van der Waals surface area contributed by atoms with Crippen molar-refractivity contribution in [2.24, 2.45) is 0 Å². The number of anilines is 3. The van der Waals surface area contributed by atoms with E-state index in [1.807, 2.05) is 43.3 Å². The highest BCUT2D eigenvalue weighted by molar-refractivity contribution is 7.93. The monoisotopic (exact) mass is 599 g/mol. The predicted octanol–water partition coefficient (Wildman–Crippen LogP) is 6.09. The Labute approximate surface area is 245 Å². The van der Waals surface area contributed by atoms with Gasteiger partial charge in [0.1, 0.15) is 6.54 Å². The Bertz CT molecular complexity index is 1970. The molecule has 0 radical (unpaired) electrons. The fourth-order valence-electron chi connectivity index (χ4n) is 4.67. The molecule has 0 bridgehead atoms. The quantitative estimate of drug-likeness (QED) is 0.213. The second-order valence-electron chi connectivity index (χ2n) is 9.82. The SMILES string of the molecule is Cc1ccc(N(CC(=O)Nc2ccc(S(=O)(=O)Nc3cccc4ccccc34)cc2)S(=O)(=O)c2ccccc2)c(C)c1. The summed E-state index contributed by atoms with van der Waals surface area (Å²) in [7, 11) is -7.98. The van der Waals surface area contributed by atoms with Crippen LogP contribution < -0.4 is 14.3 Å². The molecule has 0 aliphatic carbocycles. The number of carbonyl (C=O) groups excluding carboxylic acids is 1. The summed E-state index contributed by atoms with van der Waals surface area (Å²) in [5.41, 5.74) is 2.83. The van der Waals surface area contributed by atoms with Crippen molar-refractivity contribution in [3.05, 3.63) is 126 Å². The molecule has 0 fully saturated rings. The van der Waals surface area contributed by atoms with E-state index in [4.69, 9.17) is 0 Å². The summed E-state index contributed by atoms with van der Waals surface area (Å²) < 4.78 is 57.2. The first kappa shape index (κ1) is 28.8. The van der Waals surface area contributed by atoms with Gasteiger partial charge in [-0.3, -0.25) is 13.8 Å². The van der Waals surface area contributed by atoms with Gasteiger partial charge in [-0.15, -0.1) is 0 Å². The van der Waals surface area contributed by atoms with Crippen LogP contribution in [0.15, 0.2) is 125 Å². The summed E-state index contributed by atoms with van der Waals surface area (Å²) in [6.07, 6.45) is 0.